The maximum atomic E-state index is 12.8. The third kappa shape index (κ3) is 4.38. The number of benzene rings is 1. The quantitative estimate of drug-likeness (QED) is 0.422. The van der Waals surface area contributed by atoms with E-state index < -0.39 is 14.9 Å². The number of hydrogen-bond donors (Lipinski definition) is 0. The third-order valence-corrected chi connectivity index (χ3v) is 8.30. The Hall–Kier alpha value is -2.18. The number of piperazine rings is 1. The molecule has 0 N–H and O–H groups in total. The molecule has 0 spiro atoms. The summed E-state index contributed by atoms with van der Waals surface area (Å²) in [5, 5.41) is 16.0. The van der Waals surface area contributed by atoms with Crippen molar-refractivity contribution in [3.63, 3.8) is 0 Å². The Bertz CT molecular complexity index is 1100. The fourth-order valence-electron chi connectivity index (χ4n) is 3.15. The maximum Gasteiger partial charge on any atom is 0.270 e. The van der Waals surface area contributed by atoms with Crippen molar-refractivity contribution in [1.82, 2.24) is 14.2 Å². The lowest BCUT2D eigenvalue weighted by atomic mass is 10.3. The van der Waals surface area contributed by atoms with E-state index in [0.29, 0.717) is 32.7 Å². The van der Waals surface area contributed by atoms with Gasteiger partial charge < -0.3 is 0 Å². The molecular weight excluding hydrogens is 432 g/mol. The van der Waals surface area contributed by atoms with E-state index in [2.05, 4.69) is 9.88 Å². The van der Waals surface area contributed by atoms with E-state index in [4.69, 9.17) is 0 Å². The van der Waals surface area contributed by atoms with Gasteiger partial charge in [0.05, 0.1) is 26.9 Å². The van der Waals surface area contributed by atoms with E-state index in [-0.39, 0.29) is 10.6 Å². The Labute approximate surface area is 176 Å². The molecule has 29 heavy (non-hydrogen) atoms. The van der Waals surface area contributed by atoms with Crippen molar-refractivity contribution in [3.8, 4) is 10.6 Å². The van der Waals surface area contributed by atoms with Gasteiger partial charge in [-0.1, -0.05) is 12.1 Å². The summed E-state index contributed by atoms with van der Waals surface area (Å²) in [5.74, 6) is 0. The van der Waals surface area contributed by atoms with Gasteiger partial charge in [0.25, 0.3) is 5.69 Å². The summed E-state index contributed by atoms with van der Waals surface area (Å²) in [4.78, 5) is 18.3. The fraction of sp³-hybridized carbons (Fsp3) is 0.278. The van der Waals surface area contributed by atoms with Crippen LogP contribution in [0.25, 0.3) is 10.6 Å². The molecule has 1 aliphatic rings. The molecule has 0 amide bonds. The van der Waals surface area contributed by atoms with Gasteiger partial charge in [0.15, 0.2) is 0 Å². The SMILES string of the molecule is O=[N+]([O-])c1cccc(S(=O)(=O)N2CCN(Cc3nc(-c4cccs4)cs3)CC2)c1. The number of thiazole rings is 1. The van der Waals surface area contributed by atoms with Crippen molar-refractivity contribution in [1.29, 1.82) is 0 Å². The molecule has 1 fully saturated rings. The molecule has 0 radical (unpaired) electrons. The van der Waals surface area contributed by atoms with Crippen molar-refractivity contribution in [2.24, 2.45) is 0 Å². The largest absolute Gasteiger partial charge is 0.294 e. The zero-order valence-electron chi connectivity index (χ0n) is 15.3. The molecule has 1 aliphatic heterocycles. The highest BCUT2D eigenvalue weighted by atomic mass is 32.2. The van der Waals surface area contributed by atoms with Gasteiger partial charge in [-0.15, -0.1) is 22.7 Å². The van der Waals surface area contributed by atoms with Crippen LogP contribution in [0.1, 0.15) is 5.01 Å². The first-order chi connectivity index (χ1) is 13.9. The molecular formula is C18H18N4O4S3. The molecule has 0 unspecified atom stereocenters. The van der Waals surface area contributed by atoms with E-state index in [1.54, 1.807) is 22.7 Å². The number of hydrogen-bond acceptors (Lipinski definition) is 8. The highest BCUT2D eigenvalue weighted by Crippen LogP contribution is 2.27. The summed E-state index contributed by atoms with van der Waals surface area (Å²) in [7, 11) is -3.75. The highest BCUT2D eigenvalue weighted by Gasteiger charge is 2.29. The van der Waals surface area contributed by atoms with E-state index >= 15 is 0 Å². The number of thiophene rings is 1. The second-order valence-electron chi connectivity index (χ2n) is 6.54. The Morgan fingerprint density at radius 2 is 1.90 bits per heavy atom. The topological polar surface area (TPSA) is 96.6 Å². The Balaban J connectivity index is 1.39. The number of nitro benzene ring substituents is 1. The highest BCUT2D eigenvalue weighted by molar-refractivity contribution is 7.89. The molecule has 1 aromatic carbocycles. The number of nitro groups is 1. The average Bonchev–Trinajstić information content (AvgIpc) is 3.40. The number of nitrogens with zero attached hydrogens (tertiary/aromatic N) is 4. The van der Waals surface area contributed by atoms with Gasteiger partial charge in [-0.25, -0.2) is 13.4 Å². The molecule has 3 heterocycles. The number of rotatable bonds is 6. The number of non-ortho nitro benzene ring substituents is 1. The van der Waals surface area contributed by atoms with Gasteiger partial charge >= 0.3 is 0 Å². The van der Waals surface area contributed by atoms with E-state index in [1.165, 1.54) is 22.5 Å². The van der Waals surface area contributed by atoms with E-state index in [1.807, 2.05) is 22.9 Å². The van der Waals surface area contributed by atoms with Crippen LogP contribution >= 0.6 is 22.7 Å². The normalized spacial score (nSPS) is 16.1. The molecule has 0 saturated carbocycles. The zero-order chi connectivity index (χ0) is 20.4. The lowest BCUT2D eigenvalue weighted by Crippen LogP contribution is -2.48. The van der Waals surface area contributed by atoms with Crippen molar-refractivity contribution in [2.75, 3.05) is 26.2 Å². The van der Waals surface area contributed by atoms with Crippen LogP contribution in [0.5, 0.6) is 0 Å². The first-order valence-corrected chi connectivity index (χ1v) is 12.1. The Morgan fingerprint density at radius 3 is 2.59 bits per heavy atom. The lowest BCUT2D eigenvalue weighted by molar-refractivity contribution is -0.385. The predicted molar refractivity (Wildman–Crippen MR) is 113 cm³/mol. The molecule has 2 aromatic heterocycles. The number of sulfonamides is 1. The number of aromatic nitrogens is 1. The smallest absolute Gasteiger partial charge is 0.270 e. The maximum absolute atomic E-state index is 12.8. The molecule has 0 atom stereocenters. The standard InChI is InChI=1S/C18H18N4O4S3/c23-22(24)14-3-1-4-15(11-14)29(25,26)21-8-6-20(7-9-21)12-18-19-16(13-28-18)17-5-2-10-27-17/h1-5,10-11,13H,6-9,12H2. The molecule has 4 rings (SSSR count). The zero-order valence-corrected chi connectivity index (χ0v) is 17.8. The van der Waals surface area contributed by atoms with Gasteiger partial charge in [0, 0.05) is 43.7 Å². The first-order valence-electron chi connectivity index (χ1n) is 8.89. The van der Waals surface area contributed by atoms with Gasteiger partial charge in [0.1, 0.15) is 5.01 Å². The van der Waals surface area contributed by atoms with Gasteiger partial charge in [0.2, 0.25) is 10.0 Å². The minimum Gasteiger partial charge on any atom is -0.294 e. The Morgan fingerprint density at radius 1 is 1.10 bits per heavy atom. The van der Waals surface area contributed by atoms with Crippen LogP contribution in [-0.4, -0.2) is 53.7 Å². The van der Waals surface area contributed by atoms with Crippen molar-refractivity contribution in [2.45, 2.75) is 11.4 Å². The van der Waals surface area contributed by atoms with Gasteiger partial charge in [-0.05, 0) is 17.5 Å². The minimum atomic E-state index is -3.75. The van der Waals surface area contributed by atoms with Crippen LogP contribution in [0.4, 0.5) is 5.69 Å². The fourth-order valence-corrected chi connectivity index (χ4v) is 6.21. The summed E-state index contributed by atoms with van der Waals surface area (Å²) in [5.41, 5.74) is 0.752. The molecule has 11 heteroatoms. The van der Waals surface area contributed by atoms with Crippen molar-refractivity contribution >= 4 is 38.4 Å². The molecule has 3 aromatic rings. The molecule has 152 valence electrons. The average molecular weight is 451 g/mol. The summed E-state index contributed by atoms with van der Waals surface area (Å²) >= 11 is 3.26. The Kier molecular flexibility index (Phi) is 5.74. The predicted octanol–water partition coefficient (Wildman–Crippen LogP) is 3.29. The van der Waals surface area contributed by atoms with Crippen molar-refractivity contribution in [3.05, 3.63) is 62.3 Å². The van der Waals surface area contributed by atoms with Gasteiger partial charge in [-0.3, -0.25) is 15.0 Å². The van der Waals surface area contributed by atoms with Crippen LogP contribution in [0.15, 0.2) is 52.1 Å². The van der Waals surface area contributed by atoms with Crippen LogP contribution < -0.4 is 0 Å². The second kappa shape index (κ2) is 8.28. The first kappa shape index (κ1) is 20.1. The van der Waals surface area contributed by atoms with Crippen LogP contribution in [0, 0.1) is 10.1 Å². The summed E-state index contributed by atoms with van der Waals surface area (Å²) < 4.78 is 27.1. The monoisotopic (exact) mass is 450 g/mol. The molecule has 8 nitrogen and oxygen atoms in total. The van der Waals surface area contributed by atoms with Crippen LogP contribution in [0.2, 0.25) is 0 Å². The van der Waals surface area contributed by atoms with Crippen molar-refractivity contribution < 1.29 is 13.3 Å². The lowest BCUT2D eigenvalue weighted by Gasteiger charge is -2.33. The van der Waals surface area contributed by atoms with E-state index in [0.717, 1.165) is 21.6 Å². The summed E-state index contributed by atoms with van der Waals surface area (Å²) in [6, 6.07) is 9.24. The van der Waals surface area contributed by atoms with Gasteiger partial charge in [-0.2, -0.15) is 4.31 Å². The van der Waals surface area contributed by atoms with Crippen LogP contribution in [-0.2, 0) is 16.6 Å². The third-order valence-electron chi connectivity index (χ3n) is 4.68. The molecule has 1 saturated heterocycles. The molecule has 0 aliphatic carbocycles. The summed E-state index contributed by atoms with van der Waals surface area (Å²) in [6.07, 6.45) is 0. The van der Waals surface area contributed by atoms with Crippen LogP contribution in [0.3, 0.4) is 0 Å². The second-order valence-corrected chi connectivity index (χ2v) is 10.4. The van der Waals surface area contributed by atoms with E-state index in [9.17, 15) is 18.5 Å². The molecule has 0 bridgehead atoms. The summed E-state index contributed by atoms with van der Waals surface area (Å²) in [6.45, 7) is 2.53. The minimum absolute atomic E-state index is 0.0411.